The number of amides is 1. The van der Waals surface area contributed by atoms with E-state index in [0.717, 1.165) is 18.5 Å². The molecule has 2 unspecified atom stereocenters. The topological polar surface area (TPSA) is 83.4 Å². The van der Waals surface area contributed by atoms with Crippen LogP contribution >= 0.6 is 0 Å². The summed E-state index contributed by atoms with van der Waals surface area (Å²) in [5.74, 6) is -1.37. The van der Waals surface area contributed by atoms with Gasteiger partial charge in [0.2, 0.25) is 5.91 Å². The second kappa shape index (κ2) is 6.45. The first-order chi connectivity index (χ1) is 9.58. The van der Waals surface area contributed by atoms with Crippen molar-refractivity contribution in [2.75, 3.05) is 7.05 Å². The fourth-order valence-electron chi connectivity index (χ4n) is 2.68. The maximum absolute atomic E-state index is 12.4. The van der Waals surface area contributed by atoms with Gasteiger partial charge >= 0.3 is 5.97 Å². The number of aliphatic carboxylic acids is 1. The number of aromatic nitrogens is 2. The molecule has 0 radical (unpaired) electrons. The van der Waals surface area contributed by atoms with E-state index >= 15 is 0 Å². The molecular formula is C14H19N3O3. The van der Waals surface area contributed by atoms with Gasteiger partial charge in [-0.25, -0.2) is 0 Å². The third-order valence-corrected chi connectivity index (χ3v) is 3.76. The molecule has 1 aliphatic carbocycles. The lowest BCUT2D eigenvalue weighted by Gasteiger charge is -2.29. The van der Waals surface area contributed by atoms with Crippen molar-refractivity contribution in [1.82, 2.24) is 14.9 Å². The van der Waals surface area contributed by atoms with Gasteiger partial charge in [-0.3, -0.25) is 19.6 Å². The Labute approximate surface area is 117 Å². The first-order valence-electron chi connectivity index (χ1n) is 6.80. The molecule has 6 heteroatoms. The van der Waals surface area contributed by atoms with Crippen molar-refractivity contribution in [3.63, 3.8) is 0 Å². The molecule has 1 aliphatic rings. The van der Waals surface area contributed by atoms with Crippen molar-refractivity contribution in [3.8, 4) is 0 Å². The third kappa shape index (κ3) is 3.53. The van der Waals surface area contributed by atoms with E-state index in [1.54, 1.807) is 30.5 Å². The highest BCUT2D eigenvalue weighted by Crippen LogP contribution is 2.30. The smallest absolute Gasteiger partial charge is 0.306 e. The Balaban J connectivity index is 1.94. The second-order valence-corrected chi connectivity index (χ2v) is 5.29. The van der Waals surface area contributed by atoms with Crippen LogP contribution in [0.3, 0.4) is 0 Å². The van der Waals surface area contributed by atoms with Crippen LogP contribution in [-0.2, 0) is 16.1 Å². The predicted molar refractivity (Wildman–Crippen MR) is 71.6 cm³/mol. The lowest BCUT2D eigenvalue weighted by atomic mass is 9.81. The van der Waals surface area contributed by atoms with Crippen LogP contribution in [-0.4, -0.2) is 38.9 Å². The van der Waals surface area contributed by atoms with Crippen molar-refractivity contribution in [2.24, 2.45) is 11.8 Å². The molecule has 1 saturated carbocycles. The van der Waals surface area contributed by atoms with Crippen LogP contribution in [0.2, 0.25) is 0 Å². The van der Waals surface area contributed by atoms with E-state index in [2.05, 4.69) is 9.97 Å². The molecule has 0 aliphatic heterocycles. The molecule has 20 heavy (non-hydrogen) atoms. The molecule has 0 saturated heterocycles. The molecule has 1 heterocycles. The fourth-order valence-corrected chi connectivity index (χ4v) is 2.68. The standard InChI is InChI=1S/C14H19N3O3/c1-17(9-12-8-15-5-6-16-12)13(18)10-3-2-4-11(7-10)14(19)20/h5-6,8,10-11H,2-4,7,9H2,1H3,(H,19,20). The summed E-state index contributed by atoms with van der Waals surface area (Å²) in [7, 11) is 1.72. The molecular weight excluding hydrogens is 258 g/mol. The van der Waals surface area contributed by atoms with Gasteiger partial charge in [-0.15, -0.1) is 0 Å². The predicted octanol–water partition coefficient (Wildman–Crippen LogP) is 1.33. The SMILES string of the molecule is CN(Cc1cnccn1)C(=O)C1CCCC(C(=O)O)C1. The Bertz CT molecular complexity index is 478. The fraction of sp³-hybridized carbons (Fsp3) is 0.571. The molecule has 1 aromatic heterocycles. The Morgan fingerprint density at radius 2 is 2.10 bits per heavy atom. The molecule has 0 aromatic carbocycles. The number of carboxylic acid groups (broad SMARTS) is 1. The van der Waals surface area contributed by atoms with E-state index in [1.165, 1.54) is 0 Å². The first-order valence-corrected chi connectivity index (χ1v) is 6.80. The summed E-state index contributed by atoms with van der Waals surface area (Å²) >= 11 is 0. The van der Waals surface area contributed by atoms with Gasteiger partial charge in [-0.1, -0.05) is 6.42 Å². The molecule has 2 atom stereocenters. The normalized spacial score (nSPS) is 22.2. The number of carboxylic acids is 1. The van der Waals surface area contributed by atoms with Gasteiger partial charge in [0.15, 0.2) is 0 Å². The average molecular weight is 277 g/mol. The van der Waals surface area contributed by atoms with Crippen molar-refractivity contribution in [2.45, 2.75) is 32.2 Å². The average Bonchev–Trinajstić information content (AvgIpc) is 2.47. The zero-order chi connectivity index (χ0) is 14.5. The van der Waals surface area contributed by atoms with Crippen LogP contribution in [0.25, 0.3) is 0 Å². The van der Waals surface area contributed by atoms with Crippen LogP contribution in [0.4, 0.5) is 0 Å². The van der Waals surface area contributed by atoms with Crippen LogP contribution in [0.1, 0.15) is 31.4 Å². The zero-order valence-electron chi connectivity index (χ0n) is 11.5. The summed E-state index contributed by atoms with van der Waals surface area (Å²) in [6.07, 6.45) is 7.50. The van der Waals surface area contributed by atoms with Crippen molar-refractivity contribution < 1.29 is 14.7 Å². The third-order valence-electron chi connectivity index (χ3n) is 3.76. The van der Waals surface area contributed by atoms with E-state index in [-0.39, 0.29) is 17.7 Å². The number of hydrogen-bond donors (Lipinski definition) is 1. The minimum absolute atomic E-state index is 0.00148. The summed E-state index contributed by atoms with van der Waals surface area (Å²) in [6.45, 7) is 0.404. The van der Waals surface area contributed by atoms with Crippen molar-refractivity contribution >= 4 is 11.9 Å². The number of carbonyl (C=O) groups is 2. The molecule has 108 valence electrons. The first kappa shape index (κ1) is 14.4. The highest BCUT2D eigenvalue weighted by Gasteiger charge is 2.32. The van der Waals surface area contributed by atoms with Gasteiger partial charge in [-0.05, 0) is 19.3 Å². The summed E-state index contributed by atoms with van der Waals surface area (Å²) in [6, 6.07) is 0. The summed E-state index contributed by atoms with van der Waals surface area (Å²) in [5, 5.41) is 9.07. The van der Waals surface area contributed by atoms with Crippen molar-refractivity contribution in [3.05, 3.63) is 24.3 Å². The molecule has 1 aromatic rings. The van der Waals surface area contributed by atoms with Crippen LogP contribution in [0.15, 0.2) is 18.6 Å². The van der Waals surface area contributed by atoms with E-state index in [4.69, 9.17) is 5.11 Å². The molecule has 1 fully saturated rings. The summed E-state index contributed by atoms with van der Waals surface area (Å²) in [4.78, 5) is 33.1. The quantitative estimate of drug-likeness (QED) is 0.897. The Morgan fingerprint density at radius 3 is 2.75 bits per heavy atom. The van der Waals surface area contributed by atoms with Gasteiger partial charge in [0.05, 0.1) is 24.4 Å². The van der Waals surface area contributed by atoms with Gasteiger partial charge in [0.25, 0.3) is 0 Å². The Morgan fingerprint density at radius 1 is 1.35 bits per heavy atom. The Kier molecular flexibility index (Phi) is 4.65. The molecule has 1 N–H and O–H groups in total. The molecule has 0 spiro atoms. The van der Waals surface area contributed by atoms with E-state index in [1.807, 2.05) is 0 Å². The summed E-state index contributed by atoms with van der Waals surface area (Å²) < 4.78 is 0. The molecule has 6 nitrogen and oxygen atoms in total. The van der Waals surface area contributed by atoms with Gasteiger partial charge in [0, 0.05) is 25.4 Å². The van der Waals surface area contributed by atoms with E-state index < -0.39 is 5.97 Å². The second-order valence-electron chi connectivity index (χ2n) is 5.29. The lowest BCUT2D eigenvalue weighted by Crippen LogP contribution is -2.36. The van der Waals surface area contributed by atoms with Gasteiger partial charge in [0.1, 0.15) is 0 Å². The number of nitrogens with zero attached hydrogens (tertiary/aromatic N) is 3. The maximum atomic E-state index is 12.4. The highest BCUT2D eigenvalue weighted by atomic mass is 16.4. The molecule has 0 bridgehead atoms. The maximum Gasteiger partial charge on any atom is 0.306 e. The molecule has 1 amide bonds. The number of hydrogen-bond acceptors (Lipinski definition) is 4. The van der Waals surface area contributed by atoms with E-state index in [0.29, 0.717) is 19.4 Å². The molecule has 2 rings (SSSR count). The van der Waals surface area contributed by atoms with Gasteiger partial charge < -0.3 is 10.0 Å². The van der Waals surface area contributed by atoms with Crippen LogP contribution in [0.5, 0.6) is 0 Å². The number of rotatable bonds is 4. The van der Waals surface area contributed by atoms with Gasteiger partial charge in [-0.2, -0.15) is 0 Å². The largest absolute Gasteiger partial charge is 0.481 e. The van der Waals surface area contributed by atoms with Crippen LogP contribution < -0.4 is 0 Å². The lowest BCUT2D eigenvalue weighted by molar-refractivity contribution is -0.145. The minimum Gasteiger partial charge on any atom is -0.481 e. The highest BCUT2D eigenvalue weighted by molar-refractivity contribution is 5.80. The number of carbonyl (C=O) groups excluding carboxylic acids is 1. The zero-order valence-corrected chi connectivity index (χ0v) is 11.5. The minimum atomic E-state index is -0.793. The van der Waals surface area contributed by atoms with E-state index in [9.17, 15) is 9.59 Å². The monoisotopic (exact) mass is 277 g/mol. The summed E-state index contributed by atoms with van der Waals surface area (Å²) in [5.41, 5.74) is 0.731. The Hall–Kier alpha value is -1.98. The van der Waals surface area contributed by atoms with Crippen LogP contribution in [0, 0.1) is 11.8 Å². The van der Waals surface area contributed by atoms with Crippen molar-refractivity contribution in [1.29, 1.82) is 0 Å².